The molecule has 1 nitrogen and oxygen atoms in total. The Morgan fingerprint density at radius 2 is 1.62 bits per heavy atom. The van der Waals surface area contributed by atoms with Crippen molar-refractivity contribution < 1.29 is 4.74 Å². The first kappa shape index (κ1) is 9.85. The summed E-state index contributed by atoms with van der Waals surface area (Å²) in [4.78, 5) is 0.227. The first-order valence-electron chi connectivity index (χ1n) is 5.45. The lowest BCUT2D eigenvalue weighted by Crippen LogP contribution is -2.10. The Kier molecular flexibility index (Phi) is 2.89. The molecule has 2 aliphatic rings. The van der Waals surface area contributed by atoms with Gasteiger partial charge in [-0.05, 0) is 19.1 Å². The minimum absolute atomic E-state index is 0.227. The highest BCUT2D eigenvalue weighted by Crippen LogP contribution is 2.64. The maximum absolute atomic E-state index is 5.72. The molecular weight excluding hydrogens is 180 g/mol. The van der Waals surface area contributed by atoms with E-state index in [2.05, 4.69) is 6.26 Å². The van der Waals surface area contributed by atoms with Crippen LogP contribution in [-0.2, 0) is 4.74 Å². The van der Waals surface area contributed by atoms with Gasteiger partial charge in [0.15, 0.2) is 0 Å². The third-order valence-corrected chi connectivity index (χ3v) is 5.24. The second kappa shape index (κ2) is 3.82. The van der Waals surface area contributed by atoms with Gasteiger partial charge in [-0.2, -0.15) is 0 Å². The molecule has 0 bridgehead atoms. The molecule has 0 aromatic carbocycles. The van der Waals surface area contributed by atoms with Crippen LogP contribution in [0, 0.1) is 11.8 Å². The molecule has 13 heavy (non-hydrogen) atoms. The van der Waals surface area contributed by atoms with Crippen LogP contribution in [0.3, 0.4) is 0 Å². The summed E-state index contributed by atoms with van der Waals surface area (Å²) in [5.74, 6) is 1.74. The maximum atomic E-state index is 5.72. The zero-order valence-corrected chi connectivity index (χ0v) is 9.53. The van der Waals surface area contributed by atoms with E-state index in [4.69, 9.17) is 4.74 Å². The molecule has 2 atom stereocenters. The van der Waals surface area contributed by atoms with E-state index in [0.717, 1.165) is 11.8 Å². The van der Waals surface area contributed by atoms with Gasteiger partial charge in [-0.3, -0.25) is 0 Å². The Morgan fingerprint density at radius 3 is 2.00 bits per heavy atom. The van der Waals surface area contributed by atoms with Crippen molar-refractivity contribution in [1.29, 1.82) is 0 Å². The summed E-state index contributed by atoms with van der Waals surface area (Å²) in [7, 11) is 1.89. The Labute approximate surface area is 85.6 Å². The third kappa shape index (κ3) is 1.52. The SMILES string of the molecule is COC1(SC)C2CCCCCCC21. The van der Waals surface area contributed by atoms with Crippen LogP contribution in [0.1, 0.15) is 38.5 Å². The molecule has 2 unspecified atom stereocenters. The van der Waals surface area contributed by atoms with Gasteiger partial charge >= 0.3 is 0 Å². The van der Waals surface area contributed by atoms with Crippen molar-refractivity contribution >= 4 is 11.8 Å². The topological polar surface area (TPSA) is 9.23 Å². The van der Waals surface area contributed by atoms with Gasteiger partial charge < -0.3 is 4.74 Å². The summed E-state index contributed by atoms with van der Waals surface area (Å²) in [6.45, 7) is 0. The van der Waals surface area contributed by atoms with E-state index in [9.17, 15) is 0 Å². The molecule has 0 aromatic heterocycles. The van der Waals surface area contributed by atoms with E-state index in [1.54, 1.807) is 0 Å². The third-order valence-electron chi connectivity index (χ3n) is 3.83. The first-order chi connectivity index (χ1) is 6.35. The fraction of sp³-hybridized carbons (Fsp3) is 1.00. The van der Waals surface area contributed by atoms with Gasteiger partial charge in [0.1, 0.15) is 4.93 Å². The van der Waals surface area contributed by atoms with Crippen LogP contribution in [0.4, 0.5) is 0 Å². The van der Waals surface area contributed by atoms with Crippen molar-refractivity contribution in [2.24, 2.45) is 11.8 Å². The van der Waals surface area contributed by atoms with Gasteiger partial charge in [-0.1, -0.05) is 25.7 Å². The number of rotatable bonds is 2. The largest absolute Gasteiger partial charge is 0.367 e. The van der Waals surface area contributed by atoms with Crippen molar-refractivity contribution in [3.8, 4) is 0 Å². The fourth-order valence-electron chi connectivity index (χ4n) is 3.06. The van der Waals surface area contributed by atoms with Gasteiger partial charge in [0.25, 0.3) is 0 Å². The number of methoxy groups -OCH3 is 1. The highest BCUT2D eigenvalue weighted by molar-refractivity contribution is 8.00. The van der Waals surface area contributed by atoms with E-state index in [0.29, 0.717) is 0 Å². The molecule has 0 radical (unpaired) electrons. The molecule has 0 spiro atoms. The van der Waals surface area contributed by atoms with Crippen LogP contribution in [0.15, 0.2) is 0 Å². The van der Waals surface area contributed by atoms with Gasteiger partial charge in [0.2, 0.25) is 0 Å². The Hall–Kier alpha value is 0.310. The molecular formula is C11H20OS. The summed E-state index contributed by atoms with van der Waals surface area (Å²) in [6, 6.07) is 0. The number of hydrogen-bond acceptors (Lipinski definition) is 2. The van der Waals surface area contributed by atoms with Gasteiger partial charge in [-0.25, -0.2) is 0 Å². The van der Waals surface area contributed by atoms with Gasteiger partial charge in [0, 0.05) is 18.9 Å². The molecule has 2 rings (SSSR count). The summed E-state index contributed by atoms with van der Waals surface area (Å²) in [6.07, 6.45) is 10.7. The maximum Gasteiger partial charge on any atom is 0.119 e. The van der Waals surface area contributed by atoms with Crippen molar-refractivity contribution in [2.45, 2.75) is 43.5 Å². The van der Waals surface area contributed by atoms with Crippen LogP contribution < -0.4 is 0 Å². The number of fused-ring (bicyclic) bond motifs is 1. The molecule has 0 aromatic rings. The molecule has 0 saturated heterocycles. The number of hydrogen-bond donors (Lipinski definition) is 0. The predicted octanol–water partition coefficient (Wildman–Crippen LogP) is 3.29. The lowest BCUT2D eigenvalue weighted by Gasteiger charge is -2.12. The molecule has 2 fully saturated rings. The van der Waals surface area contributed by atoms with Crippen molar-refractivity contribution in [3.63, 3.8) is 0 Å². The molecule has 0 heterocycles. The smallest absolute Gasteiger partial charge is 0.119 e. The lowest BCUT2D eigenvalue weighted by atomic mass is 10.0. The van der Waals surface area contributed by atoms with Crippen molar-refractivity contribution in [2.75, 3.05) is 13.4 Å². The second-order valence-electron chi connectivity index (χ2n) is 4.33. The molecule has 0 aliphatic heterocycles. The van der Waals surface area contributed by atoms with Crippen molar-refractivity contribution in [1.82, 2.24) is 0 Å². The Balaban J connectivity index is 2.00. The zero-order chi connectivity index (χ0) is 9.31. The van der Waals surface area contributed by atoms with E-state index in [1.807, 2.05) is 18.9 Å². The van der Waals surface area contributed by atoms with Crippen molar-refractivity contribution in [3.05, 3.63) is 0 Å². The van der Waals surface area contributed by atoms with Crippen LogP contribution in [0.5, 0.6) is 0 Å². The standard InChI is InChI=1S/C11H20OS/c1-12-11(13-2)9-7-5-3-4-6-8-10(9)11/h9-10H,3-8H2,1-2H3. The summed E-state index contributed by atoms with van der Waals surface area (Å²) in [5.41, 5.74) is 0. The average Bonchev–Trinajstić information content (AvgIpc) is 2.71. The number of ether oxygens (including phenoxy) is 1. The molecule has 2 aliphatic carbocycles. The van der Waals surface area contributed by atoms with Crippen LogP contribution in [0.2, 0.25) is 0 Å². The summed E-state index contributed by atoms with van der Waals surface area (Å²) in [5, 5.41) is 0. The molecule has 76 valence electrons. The zero-order valence-electron chi connectivity index (χ0n) is 8.71. The first-order valence-corrected chi connectivity index (χ1v) is 6.68. The summed E-state index contributed by atoms with van der Waals surface area (Å²) < 4.78 is 5.72. The minimum Gasteiger partial charge on any atom is -0.367 e. The highest BCUT2D eigenvalue weighted by Gasteiger charge is 2.63. The van der Waals surface area contributed by atoms with E-state index < -0.39 is 0 Å². The number of thioether (sulfide) groups is 1. The minimum atomic E-state index is 0.227. The predicted molar refractivity (Wildman–Crippen MR) is 57.9 cm³/mol. The quantitative estimate of drug-likeness (QED) is 0.633. The monoisotopic (exact) mass is 200 g/mol. The molecule has 2 heteroatoms. The van der Waals surface area contributed by atoms with Gasteiger partial charge in [0.05, 0.1) is 0 Å². The van der Waals surface area contributed by atoms with Gasteiger partial charge in [-0.15, -0.1) is 11.8 Å². The fourth-order valence-corrected chi connectivity index (χ4v) is 4.32. The Morgan fingerprint density at radius 1 is 1.08 bits per heavy atom. The second-order valence-corrected chi connectivity index (χ2v) is 5.38. The highest BCUT2D eigenvalue weighted by atomic mass is 32.2. The van der Waals surface area contributed by atoms with E-state index in [-0.39, 0.29) is 4.93 Å². The Bertz CT molecular complexity index is 161. The molecule has 0 amide bonds. The molecule has 0 N–H and O–H groups in total. The summed E-state index contributed by atoms with van der Waals surface area (Å²) >= 11 is 1.94. The van der Waals surface area contributed by atoms with Crippen LogP contribution >= 0.6 is 11.8 Å². The molecule has 2 saturated carbocycles. The average molecular weight is 200 g/mol. The van der Waals surface area contributed by atoms with E-state index in [1.165, 1.54) is 38.5 Å². The lowest BCUT2D eigenvalue weighted by molar-refractivity contribution is 0.130. The van der Waals surface area contributed by atoms with E-state index >= 15 is 0 Å². The van der Waals surface area contributed by atoms with Crippen LogP contribution in [-0.4, -0.2) is 18.3 Å². The normalized spacial score (nSPS) is 44.8. The van der Waals surface area contributed by atoms with Crippen LogP contribution in [0.25, 0.3) is 0 Å².